The highest BCUT2D eigenvalue weighted by Gasteiger charge is 2.32. The van der Waals surface area contributed by atoms with Crippen LogP contribution >= 0.6 is 24.0 Å². The summed E-state index contributed by atoms with van der Waals surface area (Å²) in [5.74, 6) is 1.44. The third kappa shape index (κ3) is 7.13. The van der Waals surface area contributed by atoms with Gasteiger partial charge in [0.25, 0.3) is 0 Å². The number of nitrogens with one attached hydrogen (secondary N) is 2. The van der Waals surface area contributed by atoms with E-state index in [0.29, 0.717) is 5.91 Å². The average Bonchev–Trinajstić information content (AvgIpc) is 3.37. The summed E-state index contributed by atoms with van der Waals surface area (Å²) in [6, 6.07) is 8.96. The number of halogens is 1. The molecule has 1 aliphatic carbocycles. The molecule has 1 unspecified atom stereocenters. The molecule has 2 fully saturated rings. The minimum atomic E-state index is 0. The van der Waals surface area contributed by atoms with Crippen LogP contribution in [0.5, 0.6) is 0 Å². The van der Waals surface area contributed by atoms with E-state index in [1.54, 1.807) is 7.05 Å². The number of benzene rings is 1. The van der Waals surface area contributed by atoms with Gasteiger partial charge in [-0.15, -0.1) is 24.0 Å². The van der Waals surface area contributed by atoms with E-state index in [0.717, 1.165) is 51.4 Å². The molecule has 0 spiro atoms. The molecular formula is C22H36IN5O. The van der Waals surface area contributed by atoms with Crippen molar-refractivity contribution in [3.63, 3.8) is 0 Å². The third-order valence-electron chi connectivity index (χ3n) is 5.75. The van der Waals surface area contributed by atoms with Crippen LogP contribution in [0.15, 0.2) is 29.3 Å². The summed E-state index contributed by atoms with van der Waals surface area (Å²) in [7, 11) is 5.96. The van der Waals surface area contributed by atoms with Crippen LogP contribution in [0.25, 0.3) is 0 Å². The lowest BCUT2D eigenvalue weighted by molar-refractivity contribution is -0.134. The molecule has 162 valence electrons. The number of guanidine groups is 1. The Labute approximate surface area is 192 Å². The molecule has 1 atom stereocenters. The van der Waals surface area contributed by atoms with Crippen molar-refractivity contribution in [2.45, 2.75) is 51.2 Å². The molecule has 6 nitrogen and oxygen atoms in total. The highest BCUT2D eigenvalue weighted by atomic mass is 127. The van der Waals surface area contributed by atoms with Crippen LogP contribution in [-0.2, 0) is 17.9 Å². The molecule has 3 rings (SSSR count). The van der Waals surface area contributed by atoms with Crippen LogP contribution in [-0.4, -0.2) is 61.9 Å². The molecule has 0 aromatic heterocycles. The molecule has 2 N–H and O–H groups in total. The third-order valence-corrected chi connectivity index (χ3v) is 5.75. The van der Waals surface area contributed by atoms with Gasteiger partial charge in [0, 0.05) is 45.2 Å². The van der Waals surface area contributed by atoms with Gasteiger partial charge in [-0.1, -0.05) is 37.1 Å². The van der Waals surface area contributed by atoms with E-state index in [-0.39, 0.29) is 35.9 Å². The van der Waals surface area contributed by atoms with Crippen LogP contribution in [0.1, 0.15) is 43.2 Å². The summed E-state index contributed by atoms with van der Waals surface area (Å²) in [4.78, 5) is 21.2. The van der Waals surface area contributed by atoms with Gasteiger partial charge >= 0.3 is 0 Å². The predicted octanol–water partition coefficient (Wildman–Crippen LogP) is 2.82. The lowest BCUT2D eigenvalue weighted by Crippen LogP contribution is -2.45. The summed E-state index contributed by atoms with van der Waals surface area (Å²) in [5, 5.41) is 6.88. The van der Waals surface area contributed by atoms with Crippen molar-refractivity contribution >= 4 is 35.8 Å². The van der Waals surface area contributed by atoms with E-state index in [1.165, 1.54) is 24.0 Å². The standard InChI is InChI=1S/C22H35N5O.HI/c1-23-22(24-14-17-8-10-18(11-9-17)15-26(2)3)25-20-12-13-27(16-20)21(28)19-6-4-5-7-19;/h8-11,19-20H,4-7,12-16H2,1-3H3,(H2,23,24,25);1H. The first-order chi connectivity index (χ1) is 13.5. The smallest absolute Gasteiger partial charge is 0.225 e. The second kappa shape index (κ2) is 11.7. The molecule has 0 radical (unpaired) electrons. The fourth-order valence-electron chi connectivity index (χ4n) is 4.21. The van der Waals surface area contributed by atoms with Crippen molar-refractivity contribution in [2.24, 2.45) is 10.9 Å². The normalized spacial score (nSPS) is 20.1. The van der Waals surface area contributed by atoms with Gasteiger partial charge in [0.2, 0.25) is 5.91 Å². The number of likely N-dealkylation sites (tertiary alicyclic amines) is 1. The maximum atomic E-state index is 12.6. The minimum Gasteiger partial charge on any atom is -0.352 e. The first kappa shape index (κ1) is 23.9. The van der Waals surface area contributed by atoms with Gasteiger partial charge < -0.3 is 20.4 Å². The quantitative estimate of drug-likeness (QED) is 0.349. The van der Waals surface area contributed by atoms with E-state index in [4.69, 9.17) is 0 Å². The molecule has 1 aromatic rings. The molecule has 1 saturated heterocycles. The zero-order chi connectivity index (χ0) is 19.9. The summed E-state index contributed by atoms with van der Waals surface area (Å²) < 4.78 is 0. The van der Waals surface area contributed by atoms with Gasteiger partial charge in [-0.2, -0.15) is 0 Å². The Kier molecular flexibility index (Phi) is 9.68. The molecule has 1 heterocycles. The number of carbonyl (C=O) groups is 1. The molecule has 1 saturated carbocycles. The Bertz CT molecular complexity index is 670. The van der Waals surface area contributed by atoms with Crippen molar-refractivity contribution in [3.05, 3.63) is 35.4 Å². The number of nitrogens with zero attached hydrogens (tertiary/aromatic N) is 3. The van der Waals surface area contributed by atoms with E-state index in [9.17, 15) is 4.79 Å². The number of aliphatic imine (C=N–C) groups is 1. The zero-order valence-corrected chi connectivity index (χ0v) is 20.3. The molecule has 2 aliphatic rings. The van der Waals surface area contributed by atoms with Crippen LogP contribution in [0, 0.1) is 5.92 Å². The van der Waals surface area contributed by atoms with Gasteiger partial charge in [-0.25, -0.2) is 0 Å². The number of rotatable bonds is 6. The summed E-state index contributed by atoms with van der Waals surface area (Å²) >= 11 is 0. The number of amides is 1. The van der Waals surface area contributed by atoms with Gasteiger partial charge in [0.1, 0.15) is 0 Å². The van der Waals surface area contributed by atoms with Crippen LogP contribution < -0.4 is 10.6 Å². The maximum Gasteiger partial charge on any atom is 0.225 e. The number of carbonyl (C=O) groups excluding carboxylic acids is 1. The lowest BCUT2D eigenvalue weighted by atomic mass is 10.1. The van der Waals surface area contributed by atoms with Gasteiger partial charge in [0.15, 0.2) is 5.96 Å². The number of hydrogen-bond acceptors (Lipinski definition) is 3. The van der Waals surface area contributed by atoms with Crippen molar-refractivity contribution < 1.29 is 4.79 Å². The van der Waals surface area contributed by atoms with Crippen molar-refractivity contribution in [2.75, 3.05) is 34.2 Å². The Morgan fingerprint density at radius 3 is 2.41 bits per heavy atom. The molecule has 7 heteroatoms. The van der Waals surface area contributed by atoms with Gasteiger partial charge in [0.05, 0.1) is 0 Å². The van der Waals surface area contributed by atoms with Crippen molar-refractivity contribution in [1.29, 1.82) is 0 Å². The highest BCUT2D eigenvalue weighted by Crippen LogP contribution is 2.27. The topological polar surface area (TPSA) is 60.0 Å². The minimum absolute atomic E-state index is 0. The molecule has 1 amide bonds. The summed E-state index contributed by atoms with van der Waals surface area (Å²) in [6.07, 6.45) is 5.55. The van der Waals surface area contributed by atoms with E-state index in [2.05, 4.69) is 58.9 Å². The van der Waals surface area contributed by atoms with E-state index in [1.807, 2.05) is 4.90 Å². The largest absolute Gasteiger partial charge is 0.352 e. The fraction of sp³-hybridized carbons (Fsp3) is 0.636. The first-order valence-electron chi connectivity index (χ1n) is 10.5. The first-order valence-corrected chi connectivity index (χ1v) is 10.5. The highest BCUT2D eigenvalue weighted by molar-refractivity contribution is 14.0. The summed E-state index contributed by atoms with van der Waals surface area (Å²) in [5.41, 5.74) is 2.55. The van der Waals surface area contributed by atoms with Crippen molar-refractivity contribution in [3.8, 4) is 0 Å². The second-order valence-corrected chi connectivity index (χ2v) is 8.38. The van der Waals surface area contributed by atoms with E-state index < -0.39 is 0 Å². The maximum absolute atomic E-state index is 12.6. The molecule has 29 heavy (non-hydrogen) atoms. The predicted molar refractivity (Wildman–Crippen MR) is 130 cm³/mol. The van der Waals surface area contributed by atoms with Gasteiger partial charge in [-0.3, -0.25) is 9.79 Å². The Morgan fingerprint density at radius 2 is 1.79 bits per heavy atom. The Balaban J connectivity index is 0.00000300. The monoisotopic (exact) mass is 513 g/mol. The SMILES string of the molecule is CN=C(NCc1ccc(CN(C)C)cc1)NC1CCN(C(=O)C2CCCC2)C1.I. The molecule has 0 bridgehead atoms. The lowest BCUT2D eigenvalue weighted by Gasteiger charge is -2.21. The molecule has 1 aliphatic heterocycles. The number of hydrogen-bond donors (Lipinski definition) is 2. The van der Waals surface area contributed by atoms with E-state index >= 15 is 0 Å². The summed E-state index contributed by atoms with van der Waals surface area (Å²) in [6.45, 7) is 3.33. The van der Waals surface area contributed by atoms with Crippen LogP contribution in [0.2, 0.25) is 0 Å². The molecule has 1 aromatic carbocycles. The second-order valence-electron chi connectivity index (χ2n) is 8.38. The Morgan fingerprint density at radius 1 is 1.14 bits per heavy atom. The fourth-order valence-corrected chi connectivity index (χ4v) is 4.21. The van der Waals surface area contributed by atoms with Crippen molar-refractivity contribution in [1.82, 2.24) is 20.4 Å². The Hall–Kier alpha value is -1.35. The molecular weight excluding hydrogens is 477 g/mol. The van der Waals surface area contributed by atoms with Crippen LogP contribution in [0.3, 0.4) is 0 Å². The average molecular weight is 513 g/mol. The van der Waals surface area contributed by atoms with Gasteiger partial charge in [-0.05, 0) is 44.5 Å². The zero-order valence-electron chi connectivity index (χ0n) is 18.0. The van der Waals surface area contributed by atoms with Crippen LogP contribution in [0.4, 0.5) is 0 Å².